The molecule has 0 aliphatic heterocycles. The maximum absolute atomic E-state index is 13.4. The average molecular weight is 346 g/mol. The van der Waals surface area contributed by atoms with E-state index in [1.165, 1.54) is 12.1 Å². The van der Waals surface area contributed by atoms with Crippen LogP contribution in [0.1, 0.15) is 11.1 Å². The van der Waals surface area contributed by atoms with Gasteiger partial charge in [-0.05, 0) is 55.5 Å². The van der Waals surface area contributed by atoms with Crippen LogP contribution in [-0.4, -0.2) is 16.3 Å². The van der Waals surface area contributed by atoms with E-state index in [2.05, 4.69) is 9.98 Å². The zero-order chi connectivity index (χ0) is 18.1. The van der Waals surface area contributed by atoms with Crippen LogP contribution in [0, 0.1) is 12.7 Å². The molecule has 0 saturated carbocycles. The molecular weight excluding hydrogens is 331 g/mol. The molecule has 1 heterocycles. The number of oxazole rings is 1. The van der Waals surface area contributed by atoms with Crippen LogP contribution in [0.5, 0.6) is 5.75 Å². The number of phenolic OH excluding ortho intramolecular Hbond substituents is 1. The minimum absolute atomic E-state index is 0.176. The molecule has 0 bridgehead atoms. The maximum Gasteiger partial charge on any atom is 0.227 e. The normalized spacial score (nSPS) is 11.5. The standard InChI is InChI=1S/C21H15FN2O2/c1-13-5-7-19(25)15(9-13)12-23-17-6-8-20-18(11-17)24-21(26-20)14-3-2-4-16(22)10-14/h2-12,25H,1H3. The quantitative estimate of drug-likeness (QED) is 0.505. The Balaban J connectivity index is 1.67. The summed E-state index contributed by atoms with van der Waals surface area (Å²) >= 11 is 0. The van der Waals surface area contributed by atoms with Gasteiger partial charge in [-0.3, -0.25) is 4.99 Å². The molecule has 0 radical (unpaired) electrons. The molecule has 4 nitrogen and oxygen atoms in total. The van der Waals surface area contributed by atoms with E-state index in [1.807, 2.05) is 19.1 Å². The number of hydrogen-bond donors (Lipinski definition) is 1. The number of phenols is 1. The number of rotatable bonds is 3. The molecule has 1 N–H and O–H groups in total. The number of aliphatic imine (C=N–C) groups is 1. The SMILES string of the molecule is Cc1ccc(O)c(C=Nc2ccc3oc(-c4cccc(F)c4)nc3c2)c1. The van der Waals surface area contributed by atoms with E-state index in [0.717, 1.165) is 5.56 Å². The lowest BCUT2D eigenvalue weighted by molar-refractivity contribution is 0.474. The van der Waals surface area contributed by atoms with Gasteiger partial charge < -0.3 is 9.52 Å². The Hall–Kier alpha value is -3.47. The number of hydrogen-bond acceptors (Lipinski definition) is 4. The van der Waals surface area contributed by atoms with Gasteiger partial charge in [0.2, 0.25) is 5.89 Å². The van der Waals surface area contributed by atoms with E-state index in [1.54, 1.807) is 42.6 Å². The summed E-state index contributed by atoms with van der Waals surface area (Å²) in [5, 5.41) is 9.89. The number of aromatic nitrogens is 1. The van der Waals surface area contributed by atoms with Crippen molar-refractivity contribution in [2.75, 3.05) is 0 Å². The Morgan fingerprint density at radius 2 is 1.96 bits per heavy atom. The van der Waals surface area contributed by atoms with Crippen molar-refractivity contribution in [1.29, 1.82) is 0 Å². The molecule has 0 unspecified atom stereocenters. The number of benzene rings is 3. The van der Waals surface area contributed by atoms with Gasteiger partial charge >= 0.3 is 0 Å². The number of halogens is 1. The first-order chi connectivity index (χ1) is 12.6. The molecule has 0 saturated heterocycles. The summed E-state index contributed by atoms with van der Waals surface area (Å²) in [5.74, 6) is 0.195. The van der Waals surface area contributed by atoms with E-state index in [9.17, 15) is 9.50 Å². The van der Waals surface area contributed by atoms with E-state index in [4.69, 9.17) is 4.42 Å². The van der Waals surface area contributed by atoms with Crippen LogP contribution in [0.2, 0.25) is 0 Å². The summed E-state index contributed by atoms with van der Waals surface area (Å²) in [5.41, 5.74) is 4.17. The van der Waals surface area contributed by atoms with Crippen LogP contribution in [0.4, 0.5) is 10.1 Å². The zero-order valence-corrected chi connectivity index (χ0v) is 14.0. The first-order valence-electron chi connectivity index (χ1n) is 8.09. The third-order valence-electron chi connectivity index (χ3n) is 3.98. The third kappa shape index (κ3) is 3.19. The van der Waals surface area contributed by atoms with Crippen molar-refractivity contribution in [2.45, 2.75) is 6.92 Å². The lowest BCUT2D eigenvalue weighted by atomic mass is 10.1. The Morgan fingerprint density at radius 3 is 2.81 bits per heavy atom. The highest BCUT2D eigenvalue weighted by atomic mass is 19.1. The molecule has 0 aliphatic rings. The maximum atomic E-state index is 13.4. The molecule has 0 amide bonds. The van der Waals surface area contributed by atoms with Crippen LogP contribution >= 0.6 is 0 Å². The Kier molecular flexibility index (Phi) is 3.97. The summed E-state index contributed by atoms with van der Waals surface area (Å²) in [6.45, 7) is 1.95. The van der Waals surface area contributed by atoms with Gasteiger partial charge in [0.25, 0.3) is 0 Å². The van der Waals surface area contributed by atoms with Gasteiger partial charge in [0, 0.05) is 17.3 Å². The van der Waals surface area contributed by atoms with Crippen LogP contribution < -0.4 is 0 Å². The fourth-order valence-electron chi connectivity index (χ4n) is 2.66. The monoisotopic (exact) mass is 346 g/mol. The van der Waals surface area contributed by atoms with Crippen LogP contribution in [0.3, 0.4) is 0 Å². The highest BCUT2D eigenvalue weighted by molar-refractivity contribution is 5.87. The largest absolute Gasteiger partial charge is 0.507 e. The third-order valence-corrected chi connectivity index (χ3v) is 3.98. The topological polar surface area (TPSA) is 58.6 Å². The first-order valence-corrected chi connectivity index (χ1v) is 8.09. The van der Waals surface area contributed by atoms with Gasteiger partial charge in [-0.15, -0.1) is 0 Å². The predicted octanol–water partition coefficient (Wildman–Crippen LogP) is 5.40. The Bertz CT molecular complexity index is 1130. The molecule has 5 heteroatoms. The Labute approximate surface area is 149 Å². The fourth-order valence-corrected chi connectivity index (χ4v) is 2.66. The fraction of sp³-hybridized carbons (Fsp3) is 0.0476. The molecule has 0 spiro atoms. The Morgan fingerprint density at radius 1 is 1.08 bits per heavy atom. The van der Waals surface area contributed by atoms with E-state index in [0.29, 0.717) is 33.8 Å². The molecule has 1 aromatic heterocycles. The summed E-state index contributed by atoms with van der Waals surface area (Å²) in [6, 6.07) is 16.8. The molecule has 4 rings (SSSR count). The lowest BCUT2D eigenvalue weighted by Crippen LogP contribution is -1.83. The van der Waals surface area contributed by atoms with Gasteiger partial charge in [-0.1, -0.05) is 17.7 Å². The van der Waals surface area contributed by atoms with Crippen molar-refractivity contribution in [1.82, 2.24) is 4.98 Å². The van der Waals surface area contributed by atoms with Crippen molar-refractivity contribution in [2.24, 2.45) is 4.99 Å². The molecule has 0 atom stereocenters. The number of aryl methyl sites for hydroxylation is 1. The van der Waals surface area contributed by atoms with E-state index >= 15 is 0 Å². The van der Waals surface area contributed by atoms with E-state index < -0.39 is 0 Å². The van der Waals surface area contributed by atoms with Crippen LogP contribution in [0.25, 0.3) is 22.6 Å². The smallest absolute Gasteiger partial charge is 0.227 e. The molecule has 3 aromatic carbocycles. The van der Waals surface area contributed by atoms with Crippen molar-refractivity contribution < 1.29 is 13.9 Å². The highest BCUT2D eigenvalue weighted by Gasteiger charge is 2.09. The predicted molar refractivity (Wildman–Crippen MR) is 99.5 cm³/mol. The molecule has 128 valence electrons. The van der Waals surface area contributed by atoms with Crippen molar-refractivity contribution >= 4 is 23.0 Å². The zero-order valence-electron chi connectivity index (χ0n) is 14.0. The average Bonchev–Trinajstić information content (AvgIpc) is 3.06. The molecule has 0 aliphatic carbocycles. The molecular formula is C21H15FN2O2. The second kappa shape index (κ2) is 6.44. The van der Waals surface area contributed by atoms with Crippen molar-refractivity contribution in [3.63, 3.8) is 0 Å². The number of fused-ring (bicyclic) bond motifs is 1. The second-order valence-electron chi connectivity index (χ2n) is 6.00. The summed E-state index contributed by atoms with van der Waals surface area (Å²) < 4.78 is 19.1. The highest BCUT2D eigenvalue weighted by Crippen LogP contribution is 2.27. The van der Waals surface area contributed by atoms with E-state index in [-0.39, 0.29) is 11.6 Å². The number of aromatic hydroxyl groups is 1. The first kappa shape index (κ1) is 16.0. The van der Waals surface area contributed by atoms with Crippen molar-refractivity contribution in [3.8, 4) is 17.2 Å². The lowest BCUT2D eigenvalue weighted by Gasteiger charge is -2.00. The van der Waals surface area contributed by atoms with Gasteiger partial charge in [-0.2, -0.15) is 0 Å². The second-order valence-corrected chi connectivity index (χ2v) is 6.00. The van der Waals surface area contributed by atoms with Gasteiger partial charge in [0.15, 0.2) is 5.58 Å². The van der Waals surface area contributed by atoms with Gasteiger partial charge in [-0.25, -0.2) is 9.37 Å². The van der Waals surface area contributed by atoms with Gasteiger partial charge in [0.1, 0.15) is 17.1 Å². The van der Waals surface area contributed by atoms with Gasteiger partial charge in [0.05, 0.1) is 5.69 Å². The molecule has 4 aromatic rings. The summed E-state index contributed by atoms with van der Waals surface area (Å²) in [4.78, 5) is 8.81. The summed E-state index contributed by atoms with van der Waals surface area (Å²) in [6.07, 6.45) is 1.61. The van der Waals surface area contributed by atoms with Crippen molar-refractivity contribution in [3.05, 3.63) is 77.6 Å². The molecule has 26 heavy (non-hydrogen) atoms. The minimum Gasteiger partial charge on any atom is -0.507 e. The summed E-state index contributed by atoms with van der Waals surface area (Å²) in [7, 11) is 0. The number of nitrogens with zero attached hydrogens (tertiary/aromatic N) is 2. The molecule has 0 fully saturated rings. The minimum atomic E-state index is -0.340. The van der Waals surface area contributed by atoms with Crippen LogP contribution in [0.15, 0.2) is 70.1 Å². The van der Waals surface area contributed by atoms with Crippen LogP contribution in [-0.2, 0) is 0 Å².